The number of ether oxygens (including phenoxy) is 1. The molecule has 7 nitrogen and oxygen atoms in total. The fraction of sp³-hybridized carbons (Fsp3) is 0.391. The minimum absolute atomic E-state index is 0.0461. The maximum atomic E-state index is 13.0. The highest BCUT2D eigenvalue weighted by molar-refractivity contribution is 7.89. The molecule has 1 aliphatic rings. The molecule has 1 amide bonds. The number of piperidine rings is 1. The highest BCUT2D eigenvalue weighted by Gasteiger charge is 2.31. The van der Waals surface area contributed by atoms with Gasteiger partial charge < -0.3 is 10.1 Å². The minimum atomic E-state index is -3.62. The van der Waals surface area contributed by atoms with Crippen LogP contribution in [0.25, 0.3) is 0 Å². The summed E-state index contributed by atoms with van der Waals surface area (Å²) < 4.78 is 32.2. The average Bonchev–Trinajstić information content (AvgIpc) is 2.79. The Hall–Kier alpha value is -2.42. The standard InChI is InChI=1S/C23H27ClN2O5S/c1-16-5-3-4-14-26(16)32(29,30)20-12-8-18(9-13-20)23(28)25-21(15-22(27)31-2)17-6-10-19(24)11-7-17/h6-13,16,21H,3-5,14-15H2,1-2H3,(H,25,28). The second-order valence-electron chi connectivity index (χ2n) is 7.84. The summed E-state index contributed by atoms with van der Waals surface area (Å²) >= 11 is 5.94. The molecule has 1 N–H and O–H groups in total. The van der Waals surface area contributed by atoms with Crippen LogP contribution >= 0.6 is 11.6 Å². The van der Waals surface area contributed by atoms with Crippen molar-refractivity contribution in [1.29, 1.82) is 0 Å². The maximum Gasteiger partial charge on any atom is 0.307 e. The zero-order valence-corrected chi connectivity index (χ0v) is 19.7. The van der Waals surface area contributed by atoms with E-state index in [1.54, 1.807) is 24.3 Å². The van der Waals surface area contributed by atoms with Crippen molar-refractivity contribution < 1.29 is 22.7 Å². The summed E-state index contributed by atoms with van der Waals surface area (Å²) in [7, 11) is -2.33. The topological polar surface area (TPSA) is 92.8 Å². The summed E-state index contributed by atoms with van der Waals surface area (Å²) in [5.41, 5.74) is 0.992. The smallest absolute Gasteiger partial charge is 0.307 e. The fourth-order valence-corrected chi connectivity index (χ4v) is 5.61. The van der Waals surface area contributed by atoms with Gasteiger partial charge in [-0.2, -0.15) is 4.31 Å². The van der Waals surface area contributed by atoms with E-state index >= 15 is 0 Å². The number of benzene rings is 2. The van der Waals surface area contributed by atoms with E-state index in [2.05, 4.69) is 5.32 Å². The Morgan fingerprint density at radius 1 is 1.12 bits per heavy atom. The molecule has 2 atom stereocenters. The van der Waals surface area contributed by atoms with Crippen molar-refractivity contribution >= 4 is 33.5 Å². The van der Waals surface area contributed by atoms with Gasteiger partial charge in [0, 0.05) is 23.2 Å². The lowest BCUT2D eigenvalue weighted by atomic mass is 10.0. The summed E-state index contributed by atoms with van der Waals surface area (Å²) in [6.45, 7) is 2.42. The molecule has 0 aromatic heterocycles. The Morgan fingerprint density at radius 3 is 2.38 bits per heavy atom. The van der Waals surface area contributed by atoms with Crippen LogP contribution in [0.5, 0.6) is 0 Å². The molecule has 1 aliphatic heterocycles. The number of carbonyl (C=O) groups is 2. The molecule has 2 aromatic carbocycles. The number of amides is 1. The lowest BCUT2D eigenvalue weighted by Crippen LogP contribution is -2.41. The van der Waals surface area contributed by atoms with Crippen LogP contribution in [0.1, 0.15) is 54.6 Å². The van der Waals surface area contributed by atoms with Gasteiger partial charge in [0.15, 0.2) is 0 Å². The Labute approximate surface area is 193 Å². The van der Waals surface area contributed by atoms with Crippen LogP contribution in [0, 0.1) is 0 Å². The Morgan fingerprint density at radius 2 is 1.78 bits per heavy atom. The van der Waals surface area contributed by atoms with Gasteiger partial charge in [0.2, 0.25) is 10.0 Å². The van der Waals surface area contributed by atoms with Crippen LogP contribution in [0.4, 0.5) is 0 Å². The molecule has 3 rings (SSSR count). The number of hydrogen-bond acceptors (Lipinski definition) is 5. The number of halogens is 1. The molecule has 32 heavy (non-hydrogen) atoms. The molecule has 172 valence electrons. The zero-order chi connectivity index (χ0) is 23.3. The SMILES string of the molecule is COC(=O)CC(NC(=O)c1ccc(S(=O)(=O)N2CCCCC2C)cc1)c1ccc(Cl)cc1. The first-order chi connectivity index (χ1) is 15.2. The largest absolute Gasteiger partial charge is 0.469 e. The Bertz CT molecular complexity index is 1050. The number of esters is 1. The van der Waals surface area contributed by atoms with E-state index in [9.17, 15) is 18.0 Å². The van der Waals surface area contributed by atoms with Gasteiger partial charge in [0.1, 0.15) is 0 Å². The summed E-state index contributed by atoms with van der Waals surface area (Å²) in [6, 6.07) is 12.0. The van der Waals surface area contributed by atoms with Gasteiger partial charge in [-0.15, -0.1) is 0 Å². The predicted molar refractivity (Wildman–Crippen MR) is 122 cm³/mol. The predicted octanol–water partition coefficient (Wildman–Crippen LogP) is 3.94. The highest BCUT2D eigenvalue weighted by atomic mass is 35.5. The van der Waals surface area contributed by atoms with Gasteiger partial charge in [-0.1, -0.05) is 30.2 Å². The molecule has 1 fully saturated rings. The third-order valence-electron chi connectivity index (χ3n) is 5.64. The lowest BCUT2D eigenvalue weighted by molar-refractivity contribution is -0.141. The third kappa shape index (κ3) is 5.68. The molecular weight excluding hydrogens is 452 g/mol. The number of nitrogens with one attached hydrogen (secondary N) is 1. The van der Waals surface area contributed by atoms with Crippen molar-refractivity contribution in [3.8, 4) is 0 Å². The van der Waals surface area contributed by atoms with Crippen LogP contribution in [0.15, 0.2) is 53.4 Å². The lowest BCUT2D eigenvalue weighted by Gasteiger charge is -2.32. The number of nitrogens with zero attached hydrogens (tertiary/aromatic N) is 1. The van der Waals surface area contributed by atoms with Crippen LogP contribution < -0.4 is 5.32 Å². The van der Waals surface area contributed by atoms with Crippen molar-refractivity contribution in [2.45, 2.75) is 49.6 Å². The molecule has 9 heteroatoms. The third-order valence-corrected chi connectivity index (χ3v) is 7.92. The van der Waals surface area contributed by atoms with E-state index in [4.69, 9.17) is 16.3 Å². The molecule has 0 aliphatic carbocycles. The van der Waals surface area contributed by atoms with Crippen LogP contribution in [-0.4, -0.2) is 44.3 Å². The maximum absolute atomic E-state index is 13.0. The fourth-order valence-electron chi connectivity index (χ4n) is 3.78. The van der Waals surface area contributed by atoms with E-state index in [1.165, 1.54) is 35.7 Å². The second kappa shape index (κ2) is 10.5. The van der Waals surface area contributed by atoms with Crippen molar-refractivity contribution in [3.05, 3.63) is 64.7 Å². The Kier molecular flexibility index (Phi) is 7.92. The van der Waals surface area contributed by atoms with E-state index < -0.39 is 27.9 Å². The van der Waals surface area contributed by atoms with E-state index in [0.717, 1.165) is 19.3 Å². The van der Waals surface area contributed by atoms with Gasteiger partial charge in [-0.05, 0) is 61.7 Å². The molecule has 2 aromatic rings. The number of carbonyl (C=O) groups excluding carboxylic acids is 2. The summed E-state index contributed by atoms with van der Waals surface area (Å²) in [4.78, 5) is 24.8. The van der Waals surface area contributed by atoms with Gasteiger partial charge in [0.25, 0.3) is 5.91 Å². The van der Waals surface area contributed by atoms with Gasteiger partial charge in [0.05, 0.1) is 24.5 Å². The Balaban J connectivity index is 1.77. The molecule has 0 saturated carbocycles. The van der Waals surface area contributed by atoms with E-state index in [-0.39, 0.29) is 17.4 Å². The molecule has 2 unspecified atom stereocenters. The quantitative estimate of drug-likeness (QED) is 0.608. The number of hydrogen-bond donors (Lipinski definition) is 1. The average molecular weight is 479 g/mol. The summed E-state index contributed by atoms with van der Waals surface area (Å²) in [6.07, 6.45) is 2.65. The summed E-state index contributed by atoms with van der Waals surface area (Å²) in [5, 5.41) is 3.36. The molecule has 0 bridgehead atoms. The van der Waals surface area contributed by atoms with Crippen LogP contribution in [0.3, 0.4) is 0 Å². The molecule has 1 heterocycles. The van der Waals surface area contributed by atoms with Crippen molar-refractivity contribution in [2.75, 3.05) is 13.7 Å². The van der Waals surface area contributed by atoms with Gasteiger partial charge in [-0.25, -0.2) is 8.42 Å². The first-order valence-electron chi connectivity index (χ1n) is 10.5. The normalized spacial score (nSPS) is 18.0. The second-order valence-corrected chi connectivity index (χ2v) is 10.2. The first kappa shape index (κ1) is 24.2. The number of rotatable bonds is 7. The van der Waals surface area contributed by atoms with Gasteiger partial charge >= 0.3 is 5.97 Å². The number of methoxy groups -OCH3 is 1. The van der Waals surface area contributed by atoms with Crippen molar-refractivity contribution in [2.24, 2.45) is 0 Å². The van der Waals surface area contributed by atoms with E-state index in [0.29, 0.717) is 22.7 Å². The summed E-state index contributed by atoms with van der Waals surface area (Å²) in [5.74, 6) is -0.897. The molecule has 0 spiro atoms. The minimum Gasteiger partial charge on any atom is -0.469 e. The number of sulfonamides is 1. The molecular formula is C23H27ClN2O5S. The van der Waals surface area contributed by atoms with E-state index in [1.807, 2.05) is 6.92 Å². The van der Waals surface area contributed by atoms with Crippen LogP contribution in [-0.2, 0) is 19.6 Å². The van der Waals surface area contributed by atoms with Crippen LogP contribution in [0.2, 0.25) is 5.02 Å². The first-order valence-corrected chi connectivity index (χ1v) is 12.3. The molecule has 1 saturated heterocycles. The monoisotopic (exact) mass is 478 g/mol. The molecule has 0 radical (unpaired) electrons. The zero-order valence-electron chi connectivity index (χ0n) is 18.1. The van der Waals surface area contributed by atoms with Crippen molar-refractivity contribution in [3.63, 3.8) is 0 Å². The van der Waals surface area contributed by atoms with Crippen molar-refractivity contribution in [1.82, 2.24) is 9.62 Å². The van der Waals surface area contributed by atoms with Gasteiger partial charge in [-0.3, -0.25) is 9.59 Å². The highest BCUT2D eigenvalue weighted by Crippen LogP contribution is 2.26.